The van der Waals surface area contributed by atoms with Gasteiger partial charge in [-0.25, -0.2) is 17.9 Å². The first kappa shape index (κ1) is 15.6. The number of aromatic carboxylic acids is 1. The number of rotatable bonds is 8. The largest absolute Gasteiger partial charge is 0.476 e. The third-order valence-corrected chi connectivity index (χ3v) is 4.11. The van der Waals surface area contributed by atoms with E-state index >= 15 is 0 Å². The highest BCUT2D eigenvalue weighted by atomic mass is 32.2. The number of hydrogen-bond donors (Lipinski definition) is 4. The van der Waals surface area contributed by atoms with Crippen LogP contribution in [0.3, 0.4) is 0 Å². The highest BCUT2D eigenvalue weighted by molar-refractivity contribution is 7.89. The molecule has 0 saturated heterocycles. The van der Waals surface area contributed by atoms with E-state index in [1.54, 1.807) is 0 Å². The first-order valence-corrected chi connectivity index (χ1v) is 7.27. The summed E-state index contributed by atoms with van der Waals surface area (Å²) in [6.45, 7) is 1.70. The zero-order chi connectivity index (χ0) is 14.5. The van der Waals surface area contributed by atoms with Crippen molar-refractivity contribution in [2.75, 3.05) is 13.2 Å². The minimum Gasteiger partial charge on any atom is -0.476 e. The fourth-order valence-electron chi connectivity index (χ4n) is 1.58. The standard InChI is InChI=1S/C10H17N3O5S/c1-7-9(8(10(15)16)13-12-7)19(17,18)11-5-3-2-4-6-14/h11,14H,2-6H2,1H3,(H,12,13)(H,15,16). The molecule has 19 heavy (non-hydrogen) atoms. The molecular formula is C10H17N3O5S. The topological polar surface area (TPSA) is 132 Å². The monoisotopic (exact) mass is 291 g/mol. The summed E-state index contributed by atoms with van der Waals surface area (Å²) in [6.07, 6.45) is 1.86. The molecule has 9 heteroatoms. The lowest BCUT2D eigenvalue weighted by Gasteiger charge is -2.06. The second-order valence-corrected chi connectivity index (χ2v) is 5.72. The van der Waals surface area contributed by atoms with Crippen LogP contribution in [0.1, 0.15) is 35.4 Å². The van der Waals surface area contributed by atoms with Crippen LogP contribution in [0.25, 0.3) is 0 Å². The van der Waals surface area contributed by atoms with Crippen LogP contribution in [0.5, 0.6) is 0 Å². The number of nitrogens with zero attached hydrogens (tertiary/aromatic N) is 1. The number of carboxylic acids is 1. The molecule has 0 radical (unpaired) electrons. The Morgan fingerprint density at radius 2 is 2.05 bits per heavy atom. The molecule has 0 saturated carbocycles. The summed E-state index contributed by atoms with van der Waals surface area (Å²) in [5.41, 5.74) is -0.333. The molecule has 1 aromatic rings. The van der Waals surface area contributed by atoms with Gasteiger partial charge in [-0.3, -0.25) is 5.10 Å². The van der Waals surface area contributed by atoms with E-state index in [-0.39, 0.29) is 23.7 Å². The molecule has 0 unspecified atom stereocenters. The van der Waals surface area contributed by atoms with Gasteiger partial charge in [0.1, 0.15) is 4.90 Å². The predicted octanol–water partition coefficient (Wildman–Crippen LogP) is -0.143. The fraction of sp³-hybridized carbons (Fsp3) is 0.600. The average molecular weight is 291 g/mol. The summed E-state index contributed by atoms with van der Waals surface area (Å²) in [5, 5.41) is 23.3. The van der Waals surface area contributed by atoms with Gasteiger partial charge in [-0.15, -0.1) is 0 Å². The van der Waals surface area contributed by atoms with Crippen molar-refractivity contribution in [2.45, 2.75) is 31.1 Å². The molecule has 0 aromatic carbocycles. The van der Waals surface area contributed by atoms with Gasteiger partial charge in [-0.1, -0.05) is 0 Å². The van der Waals surface area contributed by atoms with Crippen LogP contribution in [-0.4, -0.2) is 47.9 Å². The number of carboxylic acid groups (broad SMARTS) is 1. The van der Waals surface area contributed by atoms with Crippen LogP contribution in [0, 0.1) is 6.92 Å². The van der Waals surface area contributed by atoms with Crippen molar-refractivity contribution in [3.63, 3.8) is 0 Å². The summed E-state index contributed by atoms with van der Waals surface area (Å²) >= 11 is 0. The molecule has 0 fully saturated rings. The van der Waals surface area contributed by atoms with Crippen molar-refractivity contribution >= 4 is 16.0 Å². The number of sulfonamides is 1. The molecule has 4 N–H and O–H groups in total. The molecule has 0 amide bonds. The predicted molar refractivity (Wildman–Crippen MR) is 66.4 cm³/mol. The molecule has 1 rings (SSSR count). The van der Waals surface area contributed by atoms with Crippen LogP contribution in [-0.2, 0) is 10.0 Å². The minimum absolute atomic E-state index is 0.0662. The Bertz CT molecular complexity index is 537. The number of nitrogens with one attached hydrogen (secondary N) is 2. The zero-order valence-corrected chi connectivity index (χ0v) is 11.3. The zero-order valence-electron chi connectivity index (χ0n) is 10.5. The third-order valence-electron chi connectivity index (χ3n) is 2.49. The molecule has 0 aliphatic carbocycles. The van der Waals surface area contributed by atoms with Gasteiger partial charge < -0.3 is 10.2 Å². The Hall–Kier alpha value is -1.45. The third kappa shape index (κ3) is 4.01. The van der Waals surface area contributed by atoms with E-state index in [1.165, 1.54) is 6.92 Å². The Kier molecular flexibility index (Phi) is 5.45. The summed E-state index contributed by atoms with van der Waals surface area (Å²) < 4.78 is 26.3. The van der Waals surface area contributed by atoms with Gasteiger partial charge in [0, 0.05) is 13.2 Å². The van der Waals surface area contributed by atoms with E-state index in [4.69, 9.17) is 10.2 Å². The number of aliphatic hydroxyl groups excluding tert-OH is 1. The number of aromatic amines is 1. The number of carbonyl (C=O) groups is 1. The van der Waals surface area contributed by atoms with Gasteiger partial charge in [0.25, 0.3) is 0 Å². The van der Waals surface area contributed by atoms with Crippen LogP contribution in [0.4, 0.5) is 0 Å². The number of aryl methyl sites for hydroxylation is 1. The summed E-state index contributed by atoms with van der Waals surface area (Å²) in [5.74, 6) is -1.40. The Labute approximate surface area is 110 Å². The Balaban J connectivity index is 2.77. The van der Waals surface area contributed by atoms with E-state index < -0.39 is 21.7 Å². The van der Waals surface area contributed by atoms with Gasteiger partial charge in [-0.05, 0) is 26.2 Å². The Morgan fingerprint density at radius 3 is 2.63 bits per heavy atom. The summed E-state index contributed by atoms with van der Waals surface area (Å²) in [6, 6.07) is 0. The molecule has 1 aromatic heterocycles. The SMILES string of the molecule is Cc1[nH]nc(C(=O)O)c1S(=O)(=O)NCCCCCO. The van der Waals surface area contributed by atoms with E-state index in [2.05, 4.69) is 14.9 Å². The molecule has 0 bridgehead atoms. The first-order valence-electron chi connectivity index (χ1n) is 5.79. The number of hydrogen-bond acceptors (Lipinski definition) is 5. The van der Waals surface area contributed by atoms with E-state index in [9.17, 15) is 13.2 Å². The normalized spacial score (nSPS) is 11.7. The minimum atomic E-state index is -3.90. The van der Waals surface area contributed by atoms with Crippen LogP contribution in [0.15, 0.2) is 4.90 Å². The van der Waals surface area contributed by atoms with Crippen LogP contribution < -0.4 is 4.72 Å². The molecule has 0 spiro atoms. The lowest BCUT2D eigenvalue weighted by atomic mass is 10.2. The number of unbranched alkanes of at least 4 members (excludes halogenated alkanes) is 2. The van der Waals surface area contributed by atoms with Crippen molar-refractivity contribution in [1.82, 2.24) is 14.9 Å². The first-order chi connectivity index (χ1) is 8.90. The van der Waals surface area contributed by atoms with Crippen molar-refractivity contribution in [2.24, 2.45) is 0 Å². The fourth-order valence-corrected chi connectivity index (χ4v) is 2.98. The molecule has 8 nitrogen and oxygen atoms in total. The molecule has 108 valence electrons. The second kappa shape index (κ2) is 6.64. The quantitative estimate of drug-likeness (QED) is 0.493. The number of aromatic nitrogens is 2. The van der Waals surface area contributed by atoms with Gasteiger partial charge in [0.05, 0.1) is 5.69 Å². The van der Waals surface area contributed by atoms with Gasteiger partial charge in [0.2, 0.25) is 10.0 Å². The van der Waals surface area contributed by atoms with E-state index in [0.29, 0.717) is 19.3 Å². The van der Waals surface area contributed by atoms with Gasteiger partial charge in [0.15, 0.2) is 5.69 Å². The summed E-state index contributed by atoms with van der Waals surface area (Å²) in [4.78, 5) is 10.6. The van der Waals surface area contributed by atoms with E-state index in [0.717, 1.165) is 0 Å². The maximum atomic E-state index is 12.0. The molecule has 0 aliphatic rings. The van der Waals surface area contributed by atoms with Crippen molar-refractivity contribution in [3.05, 3.63) is 11.4 Å². The molecular weight excluding hydrogens is 274 g/mol. The van der Waals surface area contributed by atoms with Gasteiger partial charge >= 0.3 is 5.97 Å². The van der Waals surface area contributed by atoms with Crippen LogP contribution in [0.2, 0.25) is 0 Å². The smallest absolute Gasteiger partial charge is 0.357 e. The van der Waals surface area contributed by atoms with Gasteiger partial charge in [-0.2, -0.15) is 5.10 Å². The molecule has 0 atom stereocenters. The average Bonchev–Trinajstić information content (AvgIpc) is 2.71. The van der Waals surface area contributed by atoms with E-state index in [1.807, 2.05) is 0 Å². The highest BCUT2D eigenvalue weighted by Gasteiger charge is 2.27. The number of aliphatic hydroxyl groups is 1. The molecule has 0 aliphatic heterocycles. The number of H-pyrrole nitrogens is 1. The lowest BCUT2D eigenvalue weighted by molar-refractivity contribution is 0.0686. The summed E-state index contributed by atoms with van der Waals surface area (Å²) in [7, 11) is -3.90. The molecule has 1 heterocycles. The van der Waals surface area contributed by atoms with Crippen LogP contribution >= 0.6 is 0 Å². The van der Waals surface area contributed by atoms with Crippen molar-refractivity contribution in [3.8, 4) is 0 Å². The van der Waals surface area contributed by atoms with Crippen molar-refractivity contribution < 1.29 is 23.4 Å². The lowest BCUT2D eigenvalue weighted by Crippen LogP contribution is -2.26. The Morgan fingerprint density at radius 1 is 1.37 bits per heavy atom. The highest BCUT2D eigenvalue weighted by Crippen LogP contribution is 2.17. The maximum Gasteiger partial charge on any atom is 0.357 e. The maximum absolute atomic E-state index is 12.0. The van der Waals surface area contributed by atoms with Crippen molar-refractivity contribution in [1.29, 1.82) is 0 Å². The second-order valence-electron chi connectivity index (χ2n) is 4.01.